The molecule has 0 aliphatic heterocycles. The fourth-order valence-electron chi connectivity index (χ4n) is 3.07. The Kier molecular flexibility index (Phi) is 9.46. The number of benzene rings is 1. The van der Waals surface area contributed by atoms with Crippen LogP contribution in [0.3, 0.4) is 0 Å². The van der Waals surface area contributed by atoms with Gasteiger partial charge in [0.1, 0.15) is 0 Å². The lowest BCUT2D eigenvalue weighted by Crippen LogP contribution is -2.45. The van der Waals surface area contributed by atoms with Crippen LogP contribution in [0, 0.1) is 0 Å². The van der Waals surface area contributed by atoms with Gasteiger partial charge in [-0.3, -0.25) is 4.99 Å². The van der Waals surface area contributed by atoms with Crippen LogP contribution in [-0.4, -0.2) is 46.4 Å². The van der Waals surface area contributed by atoms with Crippen LogP contribution in [0.4, 0.5) is 0 Å². The van der Waals surface area contributed by atoms with E-state index >= 15 is 0 Å². The molecule has 0 spiro atoms. The summed E-state index contributed by atoms with van der Waals surface area (Å²) >= 11 is 5.90. The van der Waals surface area contributed by atoms with Gasteiger partial charge in [0, 0.05) is 29.6 Å². The summed E-state index contributed by atoms with van der Waals surface area (Å²) in [6.45, 7) is 3.38. The zero-order chi connectivity index (χ0) is 19.1. The predicted molar refractivity (Wildman–Crippen MR) is 121 cm³/mol. The minimum absolute atomic E-state index is 0. The first-order chi connectivity index (χ1) is 13.1. The van der Waals surface area contributed by atoms with Gasteiger partial charge in [0.05, 0.1) is 12.6 Å². The van der Waals surface area contributed by atoms with Gasteiger partial charge in [0.2, 0.25) is 11.7 Å². The number of hydrogen-bond donors (Lipinski definition) is 3. The van der Waals surface area contributed by atoms with Gasteiger partial charge in [0.15, 0.2) is 5.96 Å². The first-order valence-electron chi connectivity index (χ1n) is 9.45. The number of halogens is 2. The van der Waals surface area contributed by atoms with Crippen LogP contribution in [-0.2, 0) is 6.42 Å². The van der Waals surface area contributed by atoms with Gasteiger partial charge in [-0.2, -0.15) is 4.98 Å². The third kappa shape index (κ3) is 6.89. The molecule has 7 nitrogen and oxygen atoms in total. The van der Waals surface area contributed by atoms with Gasteiger partial charge in [-0.25, -0.2) is 0 Å². The summed E-state index contributed by atoms with van der Waals surface area (Å²) in [5, 5.41) is 21.0. The summed E-state index contributed by atoms with van der Waals surface area (Å²) in [5.41, 5.74) is 0.868. The third-order valence-electron chi connectivity index (χ3n) is 4.55. The summed E-state index contributed by atoms with van der Waals surface area (Å²) in [5.74, 6) is 1.90. The Morgan fingerprint density at radius 2 is 1.96 bits per heavy atom. The Morgan fingerprint density at radius 3 is 2.64 bits per heavy atom. The van der Waals surface area contributed by atoms with Crippen LogP contribution in [0.1, 0.15) is 38.5 Å². The van der Waals surface area contributed by atoms with E-state index < -0.39 is 0 Å². The van der Waals surface area contributed by atoms with Gasteiger partial charge in [-0.1, -0.05) is 16.8 Å². The number of rotatable bonds is 6. The zero-order valence-corrected chi connectivity index (χ0v) is 19.0. The van der Waals surface area contributed by atoms with Crippen molar-refractivity contribution >= 4 is 41.5 Å². The molecular formula is C19H27ClIN5O2. The van der Waals surface area contributed by atoms with E-state index in [-0.39, 0.29) is 30.1 Å². The Morgan fingerprint density at radius 1 is 1.25 bits per heavy atom. The quantitative estimate of drug-likeness (QED) is 0.308. The number of hydrogen-bond acceptors (Lipinski definition) is 5. The third-order valence-corrected chi connectivity index (χ3v) is 4.80. The number of aliphatic hydroxyl groups excluding tert-OH is 1. The van der Waals surface area contributed by atoms with Gasteiger partial charge in [-0.05, 0) is 56.9 Å². The number of nitrogens with one attached hydrogen (secondary N) is 2. The molecular weight excluding hydrogens is 493 g/mol. The Balaban J connectivity index is 0.00000280. The highest BCUT2D eigenvalue weighted by Gasteiger charge is 2.20. The maximum atomic E-state index is 9.63. The molecule has 3 rings (SSSR count). The predicted octanol–water partition coefficient (Wildman–Crippen LogP) is 3.41. The molecule has 2 aromatic rings. The van der Waals surface area contributed by atoms with Gasteiger partial charge >= 0.3 is 0 Å². The van der Waals surface area contributed by atoms with Crippen LogP contribution < -0.4 is 10.6 Å². The largest absolute Gasteiger partial charge is 0.393 e. The smallest absolute Gasteiger partial charge is 0.228 e. The number of guanidine groups is 1. The van der Waals surface area contributed by atoms with Crippen LogP contribution in [0.2, 0.25) is 5.02 Å². The SMILES string of the molecule is CCNC(=NCCc1nc(-c2ccc(Cl)cc2)no1)NC1CCC(O)CC1.I. The van der Waals surface area contributed by atoms with Crippen molar-refractivity contribution in [3.05, 3.63) is 35.2 Å². The summed E-state index contributed by atoms with van der Waals surface area (Å²) in [7, 11) is 0. The van der Waals surface area contributed by atoms with Crippen LogP contribution in [0.5, 0.6) is 0 Å². The van der Waals surface area contributed by atoms with Crippen molar-refractivity contribution in [3.63, 3.8) is 0 Å². The lowest BCUT2D eigenvalue weighted by molar-refractivity contribution is 0.120. The Bertz CT molecular complexity index is 745. The van der Waals surface area contributed by atoms with Crippen molar-refractivity contribution in [3.8, 4) is 11.4 Å². The van der Waals surface area contributed by atoms with Gasteiger partial charge in [0.25, 0.3) is 0 Å². The number of aliphatic hydroxyl groups is 1. The number of aromatic nitrogens is 2. The molecule has 1 saturated carbocycles. The molecule has 1 aromatic heterocycles. The second kappa shape index (κ2) is 11.6. The fourth-order valence-corrected chi connectivity index (χ4v) is 3.20. The van der Waals surface area contributed by atoms with Crippen LogP contribution in [0.25, 0.3) is 11.4 Å². The lowest BCUT2D eigenvalue weighted by Gasteiger charge is -2.27. The Hall–Kier alpha value is -1.39. The second-order valence-electron chi connectivity index (χ2n) is 6.68. The van der Waals surface area contributed by atoms with E-state index in [0.717, 1.165) is 43.8 Å². The van der Waals surface area contributed by atoms with Crippen molar-refractivity contribution in [2.75, 3.05) is 13.1 Å². The highest BCUT2D eigenvalue weighted by atomic mass is 127. The molecule has 28 heavy (non-hydrogen) atoms. The maximum absolute atomic E-state index is 9.63. The summed E-state index contributed by atoms with van der Waals surface area (Å²) in [6.07, 6.45) is 4.01. The highest BCUT2D eigenvalue weighted by molar-refractivity contribution is 14.0. The molecule has 0 bridgehead atoms. The minimum atomic E-state index is -0.157. The van der Waals surface area contributed by atoms with Gasteiger partial charge < -0.3 is 20.3 Å². The number of nitrogens with zero attached hydrogens (tertiary/aromatic N) is 3. The average molecular weight is 520 g/mol. The molecule has 0 atom stereocenters. The first kappa shape index (κ1) is 22.9. The molecule has 3 N–H and O–H groups in total. The van der Waals surface area contributed by atoms with Crippen molar-refractivity contribution in [1.82, 2.24) is 20.8 Å². The summed E-state index contributed by atoms with van der Waals surface area (Å²) in [4.78, 5) is 9.02. The Labute approximate surface area is 187 Å². The lowest BCUT2D eigenvalue weighted by atomic mass is 9.93. The molecule has 1 fully saturated rings. The molecule has 0 unspecified atom stereocenters. The van der Waals surface area contributed by atoms with Crippen molar-refractivity contribution in [1.29, 1.82) is 0 Å². The minimum Gasteiger partial charge on any atom is -0.393 e. The molecule has 0 saturated heterocycles. The molecule has 0 radical (unpaired) electrons. The first-order valence-corrected chi connectivity index (χ1v) is 9.83. The summed E-state index contributed by atoms with van der Waals surface area (Å²) in [6, 6.07) is 7.68. The zero-order valence-electron chi connectivity index (χ0n) is 15.9. The van der Waals surface area contributed by atoms with E-state index in [1.807, 2.05) is 19.1 Å². The van der Waals surface area contributed by atoms with Crippen molar-refractivity contribution < 1.29 is 9.63 Å². The molecule has 1 aliphatic rings. The van der Waals surface area contributed by atoms with E-state index in [2.05, 4.69) is 25.8 Å². The standard InChI is InChI=1S/C19H26ClN5O2.HI/c1-2-21-19(23-15-7-9-16(26)10-8-15)22-12-11-17-24-18(25-27-17)13-3-5-14(20)6-4-13;/h3-6,15-16,26H,2,7-12H2,1H3,(H2,21,22,23);1H. The molecule has 1 heterocycles. The fraction of sp³-hybridized carbons (Fsp3) is 0.526. The average Bonchev–Trinajstić information content (AvgIpc) is 3.13. The van der Waals surface area contributed by atoms with E-state index in [9.17, 15) is 5.11 Å². The molecule has 1 aromatic carbocycles. The van der Waals surface area contributed by atoms with Crippen LogP contribution in [0.15, 0.2) is 33.8 Å². The summed E-state index contributed by atoms with van der Waals surface area (Å²) < 4.78 is 5.32. The molecule has 9 heteroatoms. The number of aliphatic imine (C=N–C) groups is 1. The monoisotopic (exact) mass is 519 g/mol. The molecule has 154 valence electrons. The van der Waals surface area contributed by atoms with E-state index in [0.29, 0.717) is 35.7 Å². The van der Waals surface area contributed by atoms with E-state index in [1.165, 1.54) is 0 Å². The molecule has 1 aliphatic carbocycles. The van der Waals surface area contributed by atoms with E-state index in [1.54, 1.807) is 12.1 Å². The van der Waals surface area contributed by atoms with Gasteiger partial charge in [-0.15, -0.1) is 24.0 Å². The van der Waals surface area contributed by atoms with Crippen molar-refractivity contribution in [2.45, 2.75) is 51.2 Å². The maximum Gasteiger partial charge on any atom is 0.228 e. The molecule has 0 amide bonds. The van der Waals surface area contributed by atoms with Crippen LogP contribution >= 0.6 is 35.6 Å². The second-order valence-corrected chi connectivity index (χ2v) is 7.12. The topological polar surface area (TPSA) is 95.6 Å². The normalized spacial score (nSPS) is 19.8. The van der Waals surface area contributed by atoms with Crippen molar-refractivity contribution in [2.24, 2.45) is 4.99 Å². The van der Waals surface area contributed by atoms with E-state index in [4.69, 9.17) is 16.1 Å². The highest BCUT2D eigenvalue weighted by Crippen LogP contribution is 2.19.